The van der Waals surface area contributed by atoms with Crippen LogP contribution >= 0.6 is 0 Å². The van der Waals surface area contributed by atoms with Crippen LogP contribution < -0.4 is 0 Å². The van der Waals surface area contributed by atoms with Gasteiger partial charge in [0.1, 0.15) is 35.6 Å². The molecule has 4 heterocycles. The van der Waals surface area contributed by atoms with Crippen molar-refractivity contribution >= 4 is 11.8 Å². The number of imide groups is 1. The van der Waals surface area contributed by atoms with Crippen molar-refractivity contribution in [2.45, 2.75) is 160 Å². The van der Waals surface area contributed by atoms with E-state index in [1.54, 1.807) is 12.2 Å². The molecule has 0 radical (unpaired) electrons. The molecule has 18 atom stereocenters. The molecule has 11 nitrogen and oxygen atoms in total. The maximum atomic E-state index is 14.5. The number of hydrogen-bond acceptors (Lipinski definition) is 10. The molecule has 0 aromatic carbocycles. The molecule has 5 N–H and O–H groups in total. The first-order valence-electron chi connectivity index (χ1n) is 21.4. The Bertz CT molecular complexity index is 1470. The zero-order valence-electron chi connectivity index (χ0n) is 33.1. The summed E-state index contributed by atoms with van der Waals surface area (Å²) in [5, 5.41) is 51.4. The topological polar surface area (TPSA) is 166 Å². The first-order valence-corrected chi connectivity index (χ1v) is 21.4. The minimum atomic E-state index is -1.62. The monoisotopic (exact) mass is 757 g/mol. The Morgan fingerprint density at radius 2 is 1.52 bits per heavy atom. The molecule has 0 aromatic rings. The summed E-state index contributed by atoms with van der Waals surface area (Å²) in [6.45, 7) is 11.0. The second-order valence-electron chi connectivity index (χ2n) is 20.1. The molecule has 8 rings (SSSR count). The lowest BCUT2D eigenvalue weighted by atomic mass is 9.44. The fraction of sp³-hybridized carbons (Fsp3) is 0.907. The summed E-state index contributed by atoms with van der Waals surface area (Å²) >= 11 is 0. The van der Waals surface area contributed by atoms with E-state index in [0.29, 0.717) is 17.3 Å². The normalized spacial score (nSPS) is 51.4. The molecule has 2 amide bonds. The number of fused-ring (bicyclic) bond motifs is 10. The molecule has 4 aliphatic heterocycles. The van der Waals surface area contributed by atoms with Gasteiger partial charge in [0.2, 0.25) is 11.8 Å². The second-order valence-corrected chi connectivity index (χ2v) is 20.1. The van der Waals surface area contributed by atoms with E-state index >= 15 is 0 Å². The van der Waals surface area contributed by atoms with Gasteiger partial charge in [-0.25, -0.2) is 0 Å². The highest BCUT2D eigenvalue weighted by atomic mass is 16.7. The van der Waals surface area contributed by atoms with Crippen molar-refractivity contribution in [3.8, 4) is 0 Å². The molecule has 7 fully saturated rings. The lowest BCUT2D eigenvalue weighted by Crippen LogP contribution is -2.60. The first-order chi connectivity index (χ1) is 25.6. The number of nitrogens with zero attached hydrogens (tertiary/aromatic N) is 1. The molecule has 54 heavy (non-hydrogen) atoms. The number of amides is 2. The van der Waals surface area contributed by atoms with Gasteiger partial charge >= 0.3 is 0 Å². The van der Waals surface area contributed by atoms with Crippen LogP contribution in [0.4, 0.5) is 0 Å². The summed E-state index contributed by atoms with van der Waals surface area (Å²) in [6.07, 6.45) is 10.3. The smallest absolute Gasteiger partial charge is 0.236 e. The summed E-state index contributed by atoms with van der Waals surface area (Å²) in [5.41, 5.74) is -2.13. The van der Waals surface area contributed by atoms with Crippen LogP contribution in [0.25, 0.3) is 0 Å². The van der Waals surface area contributed by atoms with E-state index in [0.717, 1.165) is 55.3 Å². The molecular weight excluding hydrogens is 690 g/mol. The quantitative estimate of drug-likeness (QED) is 0.154. The van der Waals surface area contributed by atoms with Gasteiger partial charge < -0.3 is 39.7 Å². The van der Waals surface area contributed by atoms with E-state index in [4.69, 9.17) is 14.2 Å². The molecule has 8 aliphatic rings. The van der Waals surface area contributed by atoms with Gasteiger partial charge in [-0.15, -0.1) is 0 Å². The van der Waals surface area contributed by atoms with E-state index < -0.39 is 67.0 Å². The highest BCUT2D eigenvalue weighted by molar-refractivity contribution is 6.08. The van der Waals surface area contributed by atoms with Crippen molar-refractivity contribution in [3.63, 3.8) is 0 Å². The van der Waals surface area contributed by atoms with E-state index in [9.17, 15) is 35.1 Å². The van der Waals surface area contributed by atoms with Crippen molar-refractivity contribution in [1.29, 1.82) is 0 Å². The van der Waals surface area contributed by atoms with Crippen LogP contribution in [0.3, 0.4) is 0 Å². The van der Waals surface area contributed by atoms with Crippen LogP contribution in [0.2, 0.25) is 0 Å². The van der Waals surface area contributed by atoms with E-state index in [1.807, 2.05) is 0 Å². The van der Waals surface area contributed by atoms with Crippen LogP contribution in [-0.2, 0) is 23.8 Å². The predicted octanol–water partition coefficient (Wildman–Crippen LogP) is 3.96. The van der Waals surface area contributed by atoms with E-state index in [2.05, 4.69) is 34.6 Å². The van der Waals surface area contributed by atoms with Crippen molar-refractivity contribution < 1.29 is 49.3 Å². The van der Waals surface area contributed by atoms with Gasteiger partial charge in [-0.05, 0) is 110 Å². The van der Waals surface area contributed by atoms with Gasteiger partial charge in [0.25, 0.3) is 0 Å². The maximum Gasteiger partial charge on any atom is 0.236 e. The van der Waals surface area contributed by atoms with Gasteiger partial charge in [0.05, 0.1) is 31.7 Å². The highest BCUT2D eigenvalue weighted by Crippen LogP contribution is 2.69. The van der Waals surface area contributed by atoms with Gasteiger partial charge in [0.15, 0.2) is 6.29 Å². The van der Waals surface area contributed by atoms with Crippen molar-refractivity contribution in [2.24, 2.45) is 64.1 Å². The lowest BCUT2D eigenvalue weighted by molar-refractivity contribution is -0.308. The van der Waals surface area contributed by atoms with Crippen LogP contribution in [0.1, 0.15) is 112 Å². The Labute approximate surface area is 321 Å². The fourth-order valence-electron chi connectivity index (χ4n) is 14.3. The third-order valence-corrected chi connectivity index (χ3v) is 17.2. The number of likely N-dealkylation sites (tertiary alicyclic amines) is 1. The number of ether oxygens (including phenoxy) is 3. The van der Waals surface area contributed by atoms with Gasteiger partial charge in [-0.1, -0.05) is 66.0 Å². The number of carbonyl (C=O) groups excluding carboxylic acids is 2. The third-order valence-electron chi connectivity index (χ3n) is 17.2. The minimum Gasteiger partial charge on any atom is -0.394 e. The molecule has 4 saturated carbocycles. The molecule has 11 heteroatoms. The molecule has 2 bridgehead atoms. The maximum absolute atomic E-state index is 14.5. The van der Waals surface area contributed by atoms with Gasteiger partial charge in [-0.2, -0.15) is 0 Å². The van der Waals surface area contributed by atoms with Crippen LogP contribution in [0.5, 0.6) is 0 Å². The molecular formula is C43H67NO10. The third kappa shape index (κ3) is 5.78. The first kappa shape index (κ1) is 39.4. The SMILES string of the molecule is CC(C)CCCC(C)C1CCC2C3CCC4CC(N5C(=O)C6C(C5=O)C5(CO[C@@H]7OC(CO)[C@@H](O)[C@H](O)C7O)C=CC6(CO)O5)CCC4(C)C3CCC12C. The van der Waals surface area contributed by atoms with Crippen LogP contribution in [0.15, 0.2) is 12.2 Å². The van der Waals surface area contributed by atoms with Crippen molar-refractivity contribution in [2.75, 3.05) is 19.8 Å². The molecule has 3 saturated heterocycles. The largest absolute Gasteiger partial charge is 0.394 e. The average Bonchev–Trinajstić information content (AvgIpc) is 3.86. The zero-order chi connectivity index (χ0) is 38.5. The van der Waals surface area contributed by atoms with Crippen molar-refractivity contribution in [1.82, 2.24) is 4.90 Å². The number of hydrogen-bond donors (Lipinski definition) is 5. The second kappa shape index (κ2) is 14.1. The van der Waals surface area contributed by atoms with Gasteiger partial charge in [0, 0.05) is 6.04 Å². The number of aliphatic hydroxyl groups excluding tert-OH is 5. The molecule has 15 unspecified atom stereocenters. The summed E-state index contributed by atoms with van der Waals surface area (Å²) < 4.78 is 17.9. The summed E-state index contributed by atoms with van der Waals surface area (Å²) in [6, 6.07) is -0.208. The molecule has 304 valence electrons. The van der Waals surface area contributed by atoms with Crippen LogP contribution in [0, 0.1) is 64.1 Å². The summed E-state index contributed by atoms with van der Waals surface area (Å²) in [7, 11) is 0. The Balaban J connectivity index is 0.952. The highest BCUT2D eigenvalue weighted by Gasteiger charge is 2.74. The zero-order valence-corrected chi connectivity index (χ0v) is 33.1. The number of rotatable bonds is 11. The minimum absolute atomic E-state index is 0.194. The summed E-state index contributed by atoms with van der Waals surface area (Å²) in [4.78, 5) is 30.5. The average molecular weight is 758 g/mol. The molecule has 0 spiro atoms. The van der Waals surface area contributed by atoms with Crippen LogP contribution in [-0.4, -0.2) is 110 Å². The van der Waals surface area contributed by atoms with E-state index in [-0.39, 0.29) is 29.9 Å². The number of aliphatic hydroxyl groups is 5. The predicted molar refractivity (Wildman–Crippen MR) is 198 cm³/mol. The molecule has 0 aromatic heterocycles. The number of carbonyl (C=O) groups is 2. The summed E-state index contributed by atoms with van der Waals surface area (Å²) in [5.74, 6) is 2.63. The van der Waals surface area contributed by atoms with Crippen molar-refractivity contribution in [3.05, 3.63) is 12.2 Å². The van der Waals surface area contributed by atoms with E-state index in [1.165, 1.54) is 56.3 Å². The van der Waals surface area contributed by atoms with Gasteiger partial charge in [-0.3, -0.25) is 14.5 Å². The standard InChI is InChI=1S/C43H67NO10/c1-23(2)7-6-8-24(3)28-11-12-29-27-10-9-25-19-26(13-15-40(25,4)30(27)14-16-41(28,29)5)44-37(50)32-33(38(44)51)43(18-17-42(32,21-46)54-43)22-52-39-36(49)35(48)34(47)31(20-45)53-39/h17-18,23-36,39,45-49H,6-16,19-22H2,1-5H3/t24?,25?,26?,27?,28?,29?,30?,31?,32?,33?,34-,35+,36?,39-,40?,41?,42?,43?/m1/s1. The fourth-order valence-corrected chi connectivity index (χ4v) is 14.3. The molecule has 4 aliphatic carbocycles. The lowest BCUT2D eigenvalue weighted by Gasteiger charge is -2.61. The Hall–Kier alpha value is -1.44. The Morgan fingerprint density at radius 1 is 0.833 bits per heavy atom. The Morgan fingerprint density at radius 3 is 2.22 bits per heavy atom. The Kier molecular flexibility index (Phi) is 10.3.